The highest BCUT2D eigenvalue weighted by atomic mass is 32.1. The lowest BCUT2D eigenvalue weighted by Gasteiger charge is -2.31. The number of aromatic nitrogens is 2. The number of urea groups is 1. The Morgan fingerprint density at radius 3 is 2.60 bits per heavy atom. The van der Waals surface area contributed by atoms with Gasteiger partial charge in [-0.3, -0.25) is 4.79 Å². The number of nitrogens with zero attached hydrogens (tertiary/aromatic N) is 3. The molecule has 4 rings (SSSR count). The predicted octanol–water partition coefficient (Wildman–Crippen LogP) is 4.34. The summed E-state index contributed by atoms with van der Waals surface area (Å²) in [6, 6.07) is 14.9. The molecule has 2 heterocycles. The number of piperidine rings is 1. The third-order valence-electron chi connectivity index (χ3n) is 4.84. The minimum absolute atomic E-state index is 0.0131. The lowest BCUT2D eigenvalue weighted by atomic mass is 9.99. The van der Waals surface area contributed by atoms with E-state index in [-0.39, 0.29) is 28.6 Å². The molecule has 1 saturated heterocycles. The summed E-state index contributed by atoms with van der Waals surface area (Å²) in [4.78, 5) is 26.6. The normalized spacial score (nSPS) is 16.2. The number of nitrogens with one attached hydrogen (secondary N) is 2. The van der Waals surface area contributed by atoms with Crippen molar-refractivity contribution in [1.82, 2.24) is 15.1 Å². The van der Waals surface area contributed by atoms with Crippen molar-refractivity contribution in [2.45, 2.75) is 18.8 Å². The maximum Gasteiger partial charge on any atom is 0.321 e. The third kappa shape index (κ3) is 4.62. The second-order valence-electron chi connectivity index (χ2n) is 6.96. The van der Waals surface area contributed by atoms with Gasteiger partial charge in [0, 0.05) is 24.7 Å². The summed E-state index contributed by atoms with van der Waals surface area (Å²) in [7, 11) is 0. The van der Waals surface area contributed by atoms with Crippen molar-refractivity contribution in [1.29, 1.82) is 0 Å². The Morgan fingerprint density at radius 1 is 1.03 bits per heavy atom. The average molecular weight is 425 g/mol. The molecule has 3 aromatic rings. The van der Waals surface area contributed by atoms with Crippen molar-refractivity contribution < 1.29 is 14.0 Å². The van der Waals surface area contributed by atoms with Crippen LogP contribution >= 0.6 is 11.3 Å². The second kappa shape index (κ2) is 9.00. The molecule has 0 aliphatic carbocycles. The molecule has 1 aliphatic rings. The van der Waals surface area contributed by atoms with Gasteiger partial charge in [0.05, 0.1) is 5.69 Å². The molecular formula is C21H20FN5O2S. The number of likely N-dealkylation sites (tertiary alicyclic amines) is 1. The van der Waals surface area contributed by atoms with E-state index in [1.54, 1.807) is 29.2 Å². The Kier molecular flexibility index (Phi) is 5.99. The summed E-state index contributed by atoms with van der Waals surface area (Å²) in [6.07, 6.45) is 1.64. The summed E-state index contributed by atoms with van der Waals surface area (Å²) in [6.45, 7) is 1.02. The van der Waals surface area contributed by atoms with Crippen LogP contribution in [-0.2, 0) is 0 Å². The molecule has 7 nitrogen and oxygen atoms in total. The fourth-order valence-electron chi connectivity index (χ4n) is 3.32. The van der Waals surface area contributed by atoms with Crippen LogP contribution in [0.15, 0.2) is 54.6 Å². The Balaban J connectivity index is 1.39. The van der Waals surface area contributed by atoms with Gasteiger partial charge in [-0.2, -0.15) is 0 Å². The van der Waals surface area contributed by atoms with E-state index in [4.69, 9.17) is 0 Å². The summed E-state index contributed by atoms with van der Waals surface area (Å²) in [5.74, 6) is -0.798. The first-order valence-electron chi connectivity index (χ1n) is 9.60. The molecule has 30 heavy (non-hydrogen) atoms. The topological polar surface area (TPSA) is 87.2 Å². The zero-order valence-corrected chi connectivity index (χ0v) is 16.9. The maximum absolute atomic E-state index is 13.8. The van der Waals surface area contributed by atoms with Gasteiger partial charge in [-0.1, -0.05) is 41.7 Å². The van der Waals surface area contributed by atoms with E-state index in [9.17, 15) is 14.0 Å². The van der Waals surface area contributed by atoms with E-state index in [1.807, 2.05) is 18.2 Å². The van der Waals surface area contributed by atoms with E-state index >= 15 is 0 Å². The van der Waals surface area contributed by atoms with Crippen molar-refractivity contribution in [3.8, 4) is 0 Å². The standard InChI is InChI=1S/C21H20FN5O2S/c22-16-10-4-5-11-17(16)24-21(29)27-12-6-7-14(13-27)19-25-26-20(30-19)18(28)23-15-8-2-1-3-9-15/h1-5,8-11,14H,6-7,12-13H2,(H,23,28)(H,24,29). The summed E-state index contributed by atoms with van der Waals surface area (Å²) in [5, 5.41) is 14.6. The SMILES string of the molecule is O=C(Nc1ccccc1)c1nnc(C2CCCN(C(=O)Nc3ccccc3F)C2)s1. The minimum atomic E-state index is -0.474. The highest BCUT2D eigenvalue weighted by Crippen LogP contribution is 2.30. The Hall–Kier alpha value is -3.33. The zero-order valence-electron chi connectivity index (χ0n) is 16.0. The number of halogens is 1. The molecule has 3 amide bonds. The number of carbonyl (C=O) groups excluding carboxylic acids is 2. The first-order chi connectivity index (χ1) is 14.6. The van der Waals surface area contributed by atoms with E-state index < -0.39 is 5.82 Å². The number of rotatable bonds is 4. The maximum atomic E-state index is 13.8. The van der Waals surface area contributed by atoms with E-state index in [0.29, 0.717) is 18.8 Å². The molecule has 0 spiro atoms. The summed E-state index contributed by atoms with van der Waals surface area (Å²) < 4.78 is 13.8. The van der Waals surface area contributed by atoms with Crippen LogP contribution in [-0.4, -0.2) is 40.1 Å². The molecule has 2 N–H and O–H groups in total. The first kappa shape index (κ1) is 20.0. The second-order valence-corrected chi connectivity index (χ2v) is 7.97. The first-order valence-corrected chi connectivity index (χ1v) is 10.4. The molecule has 1 aromatic heterocycles. The van der Waals surface area contributed by atoms with E-state index in [1.165, 1.54) is 23.5 Å². The molecular weight excluding hydrogens is 405 g/mol. The van der Waals surface area contributed by atoms with Crippen LogP contribution in [0.25, 0.3) is 0 Å². The van der Waals surface area contributed by atoms with Gasteiger partial charge < -0.3 is 15.5 Å². The van der Waals surface area contributed by atoms with Gasteiger partial charge in [-0.25, -0.2) is 9.18 Å². The minimum Gasteiger partial charge on any atom is -0.324 e. The van der Waals surface area contributed by atoms with Crippen LogP contribution in [0.5, 0.6) is 0 Å². The highest BCUT2D eigenvalue weighted by molar-refractivity contribution is 7.13. The van der Waals surface area contributed by atoms with Gasteiger partial charge in [-0.15, -0.1) is 10.2 Å². The number of para-hydroxylation sites is 2. The molecule has 2 aromatic carbocycles. The van der Waals surface area contributed by atoms with E-state index in [2.05, 4.69) is 20.8 Å². The third-order valence-corrected chi connectivity index (χ3v) is 5.92. The Morgan fingerprint density at radius 2 is 1.80 bits per heavy atom. The summed E-state index contributed by atoms with van der Waals surface area (Å²) >= 11 is 1.23. The molecule has 0 bridgehead atoms. The van der Waals surface area contributed by atoms with Gasteiger partial charge in [0.2, 0.25) is 5.01 Å². The van der Waals surface area contributed by atoms with Crippen LogP contribution < -0.4 is 10.6 Å². The number of hydrogen-bond acceptors (Lipinski definition) is 5. The van der Waals surface area contributed by atoms with Crippen molar-refractivity contribution in [3.63, 3.8) is 0 Å². The van der Waals surface area contributed by atoms with Crippen LogP contribution in [0.4, 0.5) is 20.6 Å². The van der Waals surface area contributed by atoms with Crippen molar-refractivity contribution in [2.24, 2.45) is 0 Å². The average Bonchev–Trinajstić information content (AvgIpc) is 3.27. The summed E-state index contributed by atoms with van der Waals surface area (Å²) in [5.41, 5.74) is 0.841. The molecule has 0 radical (unpaired) electrons. The monoisotopic (exact) mass is 425 g/mol. The van der Waals surface area contributed by atoms with Crippen LogP contribution in [0.2, 0.25) is 0 Å². The molecule has 1 aliphatic heterocycles. The lowest BCUT2D eigenvalue weighted by Crippen LogP contribution is -2.41. The molecule has 154 valence electrons. The van der Waals surface area contributed by atoms with Crippen LogP contribution in [0.3, 0.4) is 0 Å². The smallest absolute Gasteiger partial charge is 0.321 e. The quantitative estimate of drug-likeness (QED) is 0.651. The number of benzene rings is 2. The molecule has 0 saturated carbocycles. The van der Waals surface area contributed by atoms with Crippen LogP contribution in [0, 0.1) is 5.82 Å². The molecule has 1 fully saturated rings. The highest BCUT2D eigenvalue weighted by Gasteiger charge is 2.28. The lowest BCUT2D eigenvalue weighted by molar-refractivity contribution is 0.102. The molecule has 1 unspecified atom stereocenters. The fourth-order valence-corrected chi connectivity index (χ4v) is 4.18. The van der Waals surface area contributed by atoms with Crippen molar-refractivity contribution >= 4 is 34.6 Å². The number of anilines is 2. The number of amides is 3. The van der Waals surface area contributed by atoms with Gasteiger partial charge in [-0.05, 0) is 37.1 Å². The predicted molar refractivity (Wildman–Crippen MR) is 113 cm³/mol. The largest absolute Gasteiger partial charge is 0.324 e. The molecule has 1 atom stereocenters. The van der Waals surface area contributed by atoms with E-state index in [0.717, 1.165) is 17.8 Å². The Bertz CT molecular complexity index is 1040. The van der Waals surface area contributed by atoms with Gasteiger partial charge in [0.1, 0.15) is 10.8 Å². The zero-order chi connectivity index (χ0) is 20.9. The number of carbonyl (C=O) groups is 2. The van der Waals surface area contributed by atoms with Crippen molar-refractivity contribution in [3.05, 3.63) is 70.4 Å². The van der Waals surface area contributed by atoms with Gasteiger partial charge in [0.15, 0.2) is 0 Å². The van der Waals surface area contributed by atoms with Crippen LogP contribution in [0.1, 0.15) is 33.6 Å². The van der Waals surface area contributed by atoms with Gasteiger partial charge in [0.25, 0.3) is 5.91 Å². The molecule has 9 heteroatoms. The van der Waals surface area contributed by atoms with Gasteiger partial charge >= 0.3 is 6.03 Å². The Labute approximate surface area is 176 Å². The fraction of sp³-hybridized carbons (Fsp3) is 0.238. The number of hydrogen-bond donors (Lipinski definition) is 2. The van der Waals surface area contributed by atoms with Crippen molar-refractivity contribution in [2.75, 3.05) is 23.7 Å².